The average molecular weight is 352 g/mol. The van der Waals surface area contributed by atoms with E-state index in [0.717, 1.165) is 0 Å². The molecule has 0 saturated heterocycles. The topological polar surface area (TPSA) is 116 Å². The molecule has 0 bridgehead atoms. The maximum atomic E-state index is 12.6. The molecule has 8 nitrogen and oxygen atoms in total. The maximum absolute atomic E-state index is 12.6. The summed E-state index contributed by atoms with van der Waals surface area (Å²) in [6.45, 7) is 1.72. The van der Waals surface area contributed by atoms with Crippen LogP contribution in [0.1, 0.15) is 5.69 Å². The van der Waals surface area contributed by atoms with Crippen LogP contribution in [0.4, 0.5) is 5.69 Å². The largest absolute Gasteiger partial charge is 0.412 e. The van der Waals surface area contributed by atoms with Crippen LogP contribution in [0, 0.1) is 6.92 Å². The molecule has 2 rings (SSSR count). The third kappa shape index (κ3) is 4.69. The minimum atomic E-state index is -4.20. The molecule has 0 spiro atoms. The van der Waals surface area contributed by atoms with Gasteiger partial charge in [0.1, 0.15) is 11.6 Å². The van der Waals surface area contributed by atoms with Crippen LogP contribution in [-0.2, 0) is 17.2 Å². The van der Waals surface area contributed by atoms with Gasteiger partial charge in [0.2, 0.25) is 0 Å². The zero-order valence-corrected chi connectivity index (χ0v) is 16.3. The second-order valence-electron chi connectivity index (χ2n) is 4.82. The van der Waals surface area contributed by atoms with E-state index in [-0.39, 0.29) is 46.3 Å². The molecule has 0 amide bonds. The van der Waals surface area contributed by atoms with E-state index in [4.69, 9.17) is 4.55 Å². The third-order valence-corrected chi connectivity index (χ3v) is 3.98. The van der Waals surface area contributed by atoms with Gasteiger partial charge in [-0.25, -0.2) is 4.68 Å². The van der Waals surface area contributed by atoms with E-state index < -0.39 is 16.0 Å². The fourth-order valence-corrected chi connectivity index (χ4v) is 2.92. The Kier molecular flexibility index (Phi) is 7.74. The van der Waals surface area contributed by atoms with Crippen molar-refractivity contribution in [1.29, 1.82) is 0 Å². The third-order valence-electron chi connectivity index (χ3n) is 3.26. The molecule has 10 heteroatoms. The van der Waals surface area contributed by atoms with E-state index in [0.29, 0.717) is 11.4 Å². The Morgan fingerprint density at radius 1 is 1.22 bits per heavy atom. The SMILES string of the molecule is Cc1c(N(C)CS(=O)(=O)O)c(=O)n(-c2ccccc2)n1C.O.[Na]. The minimum absolute atomic E-state index is 0. The summed E-state index contributed by atoms with van der Waals surface area (Å²) >= 11 is 0. The Bertz CT molecular complexity index is 814. The van der Waals surface area contributed by atoms with Crippen LogP contribution in [-0.4, -0.2) is 70.3 Å². The number of anilines is 1. The van der Waals surface area contributed by atoms with Gasteiger partial charge in [0.05, 0.1) is 11.4 Å². The van der Waals surface area contributed by atoms with Crippen molar-refractivity contribution in [2.45, 2.75) is 6.92 Å². The fraction of sp³-hybridized carbons (Fsp3) is 0.308. The Hall–Kier alpha value is -1.10. The van der Waals surface area contributed by atoms with Gasteiger partial charge in [-0.3, -0.25) is 14.0 Å². The number of aromatic nitrogens is 2. The van der Waals surface area contributed by atoms with Crippen molar-refractivity contribution in [3.63, 3.8) is 0 Å². The van der Waals surface area contributed by atoms with Gasteiger partial charge in [0.25, 0.3) is 15.7 Å². The van der Waals surface area contributed by atoms with E-state index >= 15 is 0 Å². The van der Waals surface area contributed by atoms with Crippen LogP contribution in [0.2, 0.25) is 0 Å². The number of nitrogens with zero attached hydrogens (tertiary/aromatic N) is 3. The van der Waals surface area contributed by atoms with Crippen molar-refractivity contribution >= 4 is 45.4 Å². The molecule has 0 atom stereocenters. The molecule has 0 aliphatic carbocycles. The van der Waals surface area contributed by atoms with Crippen molar-refractivity contribution in [2.75, 3.05) is 17.8 Å². The average Bonchev–Trinajstić information content (AvgIpc) is 2.59. The van der Waals surface area contributed by atoms with Crippen LogP contribution in [0.15, 0.2) is 35.1 Å². The van der Waals surface area contributed by atoms with Crippen molar-refractivity contribution in [1.82, 2.24) is 9.36 Å². The number of para-hydroxylation sites is 1. The van der Waals surface area contributed by atoms with Gasteiger partial charge >= 0.3 is 0 Å². The monoisotopic (exact) mass is 352 g/mol. The summed E-state index contributed by atoms with van der Waals surface area (Å²) < 4.78 is 34.0. The predicted octanol–water partition coefficient (Wildman–Crippen LogP) is -0.440. The van der Waals surface area contributed by atoms with Gasteiger partial charge in [-0.2, -0.15) is 8.42 Å². The zero-order chi connectivity index (χ0) is 15.8. The normalized spacial score (nSPS) is 10.6. The first-order chi connectivity index (χ1) is 9.72. The van der Waals surface area contributed by atoms with Gasteiger partial charge in [0, 0.05) is 43.7 Å². The number of rotatable bonds is 4. The van der Waals surface area contributed by atoms with Gasteiger partial charge in [-0.15, -0.1) is 0 Å². The summed E-state index contributed by atoms with van der Waals surface area (Å²) in [4.78, 5) is 13.8. The molecule has 2 aromatic rings. The van der Waals surface area contributed by atoms with E-state index in [1.165, 1.54) is 16.6 Å². The molecule has 3 N–H and O–H groups in total. The first-order valence-electron chi connectivity index (χ1n) is 6.22. The van der Waals surface area contributed by atoms with E-state index in [1.54, 1.807) is 30.8 Å². The van der Waals surface area contributed by atoms with Crippen molar-refractivity contribution < 1.29 is 18.4 Å². The molecule has 0 unspecified atom stereocenters. The molecule has 1 heterocycles. The van der Waals surface area contributed by atoms with Gasteiger partial charge in [-0.1, -0.05) is 18.2 Å². The molecule has 1 aromatic heterocycles. The van der Waals surface area contributed by atoms with Crippen LogP contribution < -0.4 is 10.5 Å². The van der Waals surface area contributed by atoms with Crippen LogP contribution in [0.5, 0.6) is 0 Å². The van der Waals surface area contributed by atoms with Gasteiger partial charge in [0.15, 0.2) is 0 Å². The Morgan fingerprint density at radius 2 is 1.74 bits per heavy atom. The molecule has 0 fully saturated rings. The van der Waals surface area contributed by atoms with Crippen LogP contribution >= 0.6 is 0 Å². The second-order valence-corrected chi connectivity index (χ2v) is 6.24. The van der Waals surface area contributed by atoms with E-state index in [1.807, 2.05) is 18.2 Å². The van der Waals surface area contributed by atoms with Crippen molar-refractivity contribution in [3.05, 3.63) is 46.4 Å². The summed E-state index contributed by atoms with van der Waals surface area (Å²) in [5, 5.41) is 0. The summed E-state index contributed by atoms with van der Waals surface area (Å²) in [6, 6.07) is 9.04. The number of hydrogen-bond acceptors (Lipinski definition) is 4. The first-order valence-corrected chi connectivity index (χ1v) is 7.83. The van der Waals surface area contributed by atoms with E-state index in [2.05, 4.69) is 0 Å². The molecule has 1 radical (unpaired) electrons. The predicted molar refractivity (Wildman–Crippen MR) is 89.9 cm³/mol. The van der Waals surface area contributed by atoms with E-state index in [9.17, 15) is 13.2 Å². The van der Waals surface area contributed by atoms with Gasteiger partial charge in [-0.05, 0) is 19.1 Å². The summed E-state index contributed by atoms with van der Waals surface area (Å²) in [5.41, 5.74) is 1.18. The van der Waals surface area contributed by atoms with Gasteiger partial charge < -0.3 is 10.4 Å². The standard InChI is InChI=1S/C13H17N3O4S.Na.H2O/c1-10-12(14(2)9-21(18,19)20)13(17)16(15(10)3)11-7-5-4-6-8-11;;/h4-8H,9H2,1-3H3,(H,18,19,20);;1H2. The quantitative estimate of drug-likeness (QED) is 0.591. The Morgan fingerprint density at radius 3 is 2.22 bits per heavy atom. The Labute approximate surface area is 156 Å². The van der Waals surface area contributed by atoms with Crippen LogP contribution in [0.3, 0.4) is 0 Å². The molecule has 23 heavy (non-hydrogen) atoms. The Balaban J connectivity index is 0.00000242. The smallest absolute Gasteiger partial charge is 0.295 e. The molecule has 0 saturated carbocycles. The summed E-state index contributed by atoms with van der Waals surface area (Å²) in [7, 11) is -1.04. The zero-order valence-electron chi connectivity index (χ0n) is 13.5. The van der Waals surface area contributed by atoms with Crippen molar-refractivity contribution in [3.8, 4) is 5.69 Å². The fourth-order valence-electron chi connectivity index (χ4n) is 2.30. The summed E-state index contributed by atoms with van der Waals surface area (Å²) in [5.74, 6) is -0.637. The second kappa shape index (κ2) is 8.13. The molecule has 0 aliphatic heterocycles. The molecular weight excluding hydrogens is 333 g/mol. The first kappa shape index (κ1) is 21.9. The molecule has 123 valence electrons. The number of benzene rings is 1. The molecular formula is C13H19N3NaO5S. The molecule has 0 aliphatic rings. The number of hydrogen-bond donors (Lipinski definition) is 1. The van der Waals surface area contributed by atoms with Crippen LogP contribution in [0.25, 0.3) is 5.69 Å². The molecule has 1 aromatic carbocycles. The summed E-state index contributed by atoms with van der Waals surface area (Å²) in [6.07, 6.45) is 0. The van der Waals surface area contributed by atoms with Crippen molar-refractivity contribution in [2.24, 2.45) is 7.05 Å². The minimum Gasteiger partial charge on any atom is -0.412 e. The maximum Gasteiger partial charge on any atom is 0.295 e.